The summed E-state index contributed by atoms with van der Waals surface area (Å²) in [5.74, 6) is 0.184. The van der Waals surface area contributed by atoms with E-state index in [2.05, 4.69) is 15.1 Å². The highest BCUT2D eigenvalue weighted by Gasteiger charge is 2.33. The molecule has 27 heavy (non-hydrogen) atoms. The number of imidazole rings is 1. The van der Waals surface area contributed by atoms with E-state index in [0.717, 1.165) is 5.56 Å². The zero-order valence-electron chi connectivity index (χ0n) is 14.1. The molecule has 0 saturated carbocycles. The first-order valence-corrected chi connectivity index (χ1v) is 11.1. The number of hydrogen-bond donors (Lipinski definition) is 0. The summed E-state index contributed by atoms with van der Waals surface area (Å²) >= 11 is 7.84. The minimum absolute atomic E-state index is 0.184. The van der Waals surface area contributed by atoms with E-state index in [1.54, 1.807) is 21.2 Å². The summed E-state index contributed by atoms with van der Waals surface area (Å²) < 4.78 is 30.9. The van der Waals surface area contributed by atoms with Gasteiger partial charge in [0.25, 0.3) is 10.0 Å². The van der Waals surface area contributed by atoms with Crippen LogP contribution in [0.15, 0.2) is 41.4 Å². The number of aromatic nitrogens is 5. The van der Waals surface area contributed by atoms with Crippen LogP contribution in [0.25, 0.3) is 10.6 Å². The predicted octanol–water partition coefficient (Wildman–Crippen LogP) is 2.66. The molecule has 0 amide bonds. The number of piperidine rings is 1. The van der Waals surface area contributed by atoms with Gasteiger partial charge in [-0.3, -0.25) is 4.40 Å². The van der Waals surface area contributed by atoms with Crippen LogP contribution in [0.4, 0.5) is 0 Å². The van der Waals surface area contributed by atoms with E-state index in [4.69, 9.17) is 11.6 Å². The van der Waals surface area contributed by atoms with Gasteiger partial charge in [0.05, 0.1) is 6.20 Å². The molecule has 1 aliphatic rings. The lowest BCUT2D eigenvalue weighted by Gasteiger charge is -2.31. The quantitative estimate of drug-likeness (QED) is 0.506. The van der Waals surface area contributed by atoms with Gasteiger partial charge in [-0.1, -0.05) is 11.6 Å². The maximum Gasteiger partial charge on any atom is 0.260 e. The monoisotopic (exact) mass is 422 g/mol. The Kier molecular flexibility index (Phi) is 3.97. The summed E-state index contributed by atoms with van der Waals surface area (Å²) in [6.07, 6.45) is 7.95. The molecule has 5 heterocycles. The number of sulfonamides is 1. The minimum Gasteiger partial charge on any atom is -0.280 e. The summed E-state index contributed by atoms with van der Waals surface area (Å²) in [6, 6.07) is 1.80. The number of nitrogens with zero attached hydrogens (tertiary/aromatic N) is 6. The van der Waals surface area contributed by atoms with Gasteiger partial charge in [-0.15, -0.1) is 11.3 Å². The normalized spacial score (nSPS) is 17.2. The third-order valence-electron chi connectivity index (χ3n) is 5.00. The van der Waals surface area contributed by atoms with Crippen molar-refractivity contribution in [2.75, 3.05) is 13.1 Å². The second kappa shape index (κ2) is 6.26. The lowest BCUT2D eigenvalue weighted by atomic mass is 9.91. The summed E-state index contributed by atoms with van der Waals surface area (Å²) in [4.78, 5) is 8.99. The van der Waals surface area contributed by atoms with Crippen LogP contribution in [-0.4, -0.2) is 49.8 Å². The topological polar surface area (TPSA) is 84.9 Å². The van der Waals surface area contributed by atoms with Crippen molar-refractivity contribution in [3.8, 4) is 0 Å². The highest BCUT2D eigenvalue weighted by atomic mass is 35.5. The largest absolute Gasteiger partial charge is 0.280 e. The maximum absolute atomic E-state index is 13.0. The van der Waals surface area contributed by atoms with E-state index in [0.29, 0.717) is 41.6 Å². The van der Waals surface area contributed by atoms with E-state index in [9.17, 15) is 8.42 Å². The second-order valence-corrected chi connectivity index (χ2v) is 9.63. The molecule has 0 N–H and O–H groups in total. The molecule has 0 unspecified atom stereocenters. The molecule has 5 rings (SSSR count). The third-order valence-corrected chi connectivity index (χ3v) is 7.98. The zero-order chi connectivity index (χ0) is 18.6. The molecule has 4 aromatic heterocycles. The van der Waals surface area contributed by atoms with Crippen molar-refractivity contribution in [2.45, 2.75) is 23.8 Å². The molecule has 0 radical (unpaired) electrons. The van der Waals surface area contributed by atoms with Gasteiger partial charge in [-0.2, -0.15) is 9.40 Å². The van der Waals surface area contributed by atoms with Gasteiger partial charge in [0, 0.05) is 42.0 Å². The molecule has 0 atom stereocenters. The molecule has 0 aromatic carbocycles. The lowest BCUT2D eigenvalue weighted by molar-refractivity contribution is 0.318. The Bertz CT molecular complexity index is 1240. The maximum atomic E-state index is 13.0. The van der Waals surface area contributed by atoms with Crippen LogP contribution in [-0.2, 0) is 10.0 Å². The summed E-state index contributed by atoms with van der Waals surface area (Å²) in [5, 5.41) is 6.86. The van der Waals surface area contributed by atoms with Gasteiger partial charge in [0.15, 0.2) is 15.6 Å². The average molecular weight is 423 g/mol. The highest BCUT2D eigenvalue weighted by Crippen LogP contribution is 2.35. The van der Waals surface area contributed by atoms with Gasteiger partial charge < -0.3 is 0 Å². The van der Waals surface area contributed by atoms with Crippen molar-refractivity contribution in [1.29, 1.82) is 0 Å². The molecule has 1 saturated heterocycles. The standard InChI is InChI=1S/C16H15ClN6O2S2/c17-13-7-14-19-10-20-23(14)9-12(13)11-1-3-21(4-2-11)27(24,25)15-8-18-16-22(15)5-6-26-16/h5-11H,1-4H2. The van der Waals surface area contributed by atoms with Crippen LogP contribution in [0.1, 0.15) is 24.3 Å². The first kappa shape index (κ1) is 17.1. The number of rotatable bonds is 3. The van der Waals surface area contributed by atoms with E-state index in [-0.39, 0.29) is 10.9 Å². The van der Waals surface area contributed by atoms with E-state index >= 15 is 0 Å². The Labute approximate surface area is 164 Å². The number of fused-ring (bicyclic) bond motifs is 2. The fourth-order valence-electron chi connectivity index (χ4n) is 3.59. The summed E-state index contributed by atoms with van der Waals surface area (Å²) in [6.45, 7) is 0.881. The van der Waals surface area contributed by atoms with Gasteiger partial charge in [-0.25, -0.2) is 22.9 Å². The van der Waals surface area contributed by atoms with E-state index in [1.165, 1.54) is 28.2 Å². The van der Waals surface area contributed by atoms with Crippen LogP contribution < -0.4 is 0 Å². The molecule has 140 valence electrons. The van der Waals surface area contributed by atoms with Crippen molar-refractivity contribution < 1.29 is 8.42 Å². The fraction of sp³-hybridized carbons (Fsp3) is 0.312. The van der Waals surface area contributed by atoms with E-state index < -0.39 is 10.0 Å². The molecule has 8 nitrogen and oxygen atoms in total. The van der Waals surface area contributed by atoms with Gasteiger partial charge in [0.2, 0.25) is 0 Å². The summed E-state index contributed by atoms with van der Waals surface area (Å²) in [5.41, 5.74) is 1.68. The molecule has 0 bridgehead atoms. The first-order chi connectivity index (χ1) is 13.0. The SMILES string of the molecule is O=S(=O)(c1cnc2sccn12)N1CCC(c2cn3ncnc3cc2Cl)CC1. The van der Waals surface area contributed by atoms with Crippen LogP contribution >= 0.6 is 22.9 Å². The number of pyridine rings is 1. The fourth-order valence-corrected chi connectivity index (χ4v) is 6.18. The number of hydrogen-bond acceptors (Lipinski definition) is 6. The highest BCUT2D eigenvalue weighted by molar-refractivity contribution is 7.89. The zero-order valence-corrected chi connectivity index (χ0v) is 16.5. The lowest BCUT2D eigenvalue weighted by Crippen LogP contribution is -2.38. The molecule has 11 heteroatoms. The van der Waals surface area contributed by atoms with Crippen molar-refractivity contribution in [3.05, 3.63) is 47.0 Å². The van der Waals surface area contributed by atoms with Crippen molar-refractivity contribution in [2.24, 2.45) is 0 Å². The Balaban J connectivity index is 1.39. The molecular formula is C16H15ClN6O2S2. The van der Waals surface area contributed by atoms with Crippen LogP contribution in [0, 0.1) is 0 Å². The number of halogens is 1. The molecule has 1 fully saturated rings. The number of thiazole rings is 1. The molecule has 1 aliphatic heterocycles. The second-order valence-electron chi connectivity index (χ2n) is 6.47. The van der Waals surface area contributed by atoms with Crippen LogP contribution in [0.3, 0.4) is 0 Å². The van der Waals surface area contributed by atoms with Crippen LogP contribution in [0.2, 0.25) is 5.02 Å². The van der Waals surface area contributed by atoms with Crippen molar-refractivity contribution in [1.82, 2.24) is 28.3 Å². The minimum atomic E-state index is -3.58. The molecule has 4 aromatic rings. The van der Waals surface area contributed by atoms with E-state index in [1.807, 2.05) is 11.6 Å². The Morgan fingerprint density at radius 3 is 2.85 bits per heavy atom. The van der Waals surface area contributed by atoms with Gasteiger partial charge >= 0.3 is 0 Å². The average Bonchev–Trinajstić information content (AvgIpc) is 3.37. The summed E-state index contributed by atoms with van der Waals surface area (Å²) in [7, 11) is -3.58. The van der Waals surface area contributed by atoms with Gasteiger partial charge in [-0.05, 0) is 24.3 Å². The Hall–Kier alpha value is -2.01. The molecule has 0 aliphatic carbocycles. The van der Waals surface area contributed by atoms with Crippen molar-refractivity contribution in [3.63, 3.8) is 0 Å². The smallest absolute Gasteiger partial charge is 0.260 e. The molecular weight excluding hydrogens is 408 g/mol. The predicted molar refractivity (Wildman–Crippen MR) is 102 cm³/mol. The Morgan fingerprint density at radius 2 is 2.04 bits per heavy atom. The Morgan fingerprint density at radius 1 is 1.22 bits per heavy atom. The third kappa shape index (κ3) is 2.75. The van der Waals surface area contributed by atoms with Crippen molar-refractivity contribution >= 4 is 43.6 Å². The molecule has 0 spiro atoms. The first-order valence-electron chi connectivity index (χ1n) is 8.43. The van der Waals surface area contributed by atoms with Gasteiger partial charge in [0.1, 0.15) is 6.33 Å². The van der Waals surface area contributed by atoms with Crippen LogP contribution in [0.5, 0.6) is 0 Å².